The fourth-order valence-electron chi connectivity index (χ4n) is 4.14. The third-order valence-electron chi connectivity index (χ3n) is 5.76. The van der Waals surface area contributed by atoms with E-state index in [1.807, 2.05) is 13.8 Å². The molecule has 8 heteroatoms. The van der Waals surface area contributed by atoms with E-state index >= 15 is 0 Å². The number of hydrogen-bond donors (Lipinski definition) is 0. The molecule has 0 bridgehead atoms. The van der Waals surface area contributed by atoms with Crippen molar-refractivity contribution in [2.24, 2.45) is 0 Å². The maximum absolute atomic E-state index is 5.36. The molecule has 2 aliphatic rings. The zero-order valence-electron chi connectivity index (χ0n) is 15.9. The largest absolute Gasteiger partial charge is 0.339 e. The lowest BCUT2D eigenvalue weighted by molar-refractivity contribution is 0.211. The molecule has 0 aromatic carbocycles. The summed E-state index contributed by atoms with van der Waals surface area (Å²) in [5, 5.41) is 7.84. The maximum atomic E-state index is 5.36. The molecule has 0 aliphatic carbocycles. The molecule has 0 amide bonds. The van der Waals surface area contributed by atoms with Crippen molar-refractivity contribution in [2.45, 2.75) is 57.9 Å². The van der Waals surface area contributed by atoms with E-state index in [2.05, 4.69) is 37.0 Å². The molecule has 2 fully saturated rings. The predicted octanol–water partition coefficient (Wildman–Crippen LogP) is 2.13. The van der Waals surface area contributed by atoms with E-state index in [1.54, 1.807) is 0 Å². The van der Waals surface area contributed by atoms with Gasteiger partial charge in [-0.1, -0.05) is 10.3 Å². The second-order valence-corrected chi connectivity index (χ2v) is 7.76. The molecule has 8 nitrogen and oxygen atoms in total. The number of aromatic nitrogens is 4. The molecule has 0 spiro atoms. The molecule has 0 radical (unpaired) electrons. The first-order valence-corrected chi connectivity index (χ1v) is 9.65. The van der Waals surface area contributed by atoms with Gasteiger partial charge in [-0.3, -0.25) is 4.90 Å². The first kappa shape index (κ1) is 17.6. The minimum absolute atomic E-state index is 0.385. The van der Waals surface area contributed by atoms with Gasteiger partial charge in [-0.2, -0.15) is 9.97 Å². The smallest absolute Gasteiger partial charge is 0.231 e. The fourth-order valence-corrected chi connectivity index (χ4v) is 4.14. The third kappa shape index (κ3) is 3.81. The zero-order chi connectivity index (χ0) is 18.1. The molecule has 26 heavy (non-hydrogen) atoms. The highest BCUT2D eigenvalue weighted by atomic mass is 16.5. The molecule has 142 valence electrons. The minimum Gasteiger partial charge on any atom is -0.339 e. The van der Waals surface area contributed by atoms with Crippen LogP contribution in [-0.4, -0.2) is 68.8 Å². The topological polar surface area (TPSA) is 84.3 Å². The van der Waals surface area contributed by atoms with Crippen LogP contribution in [-0.2, 0) is 0 Å². The number of rotatable bonds is 6. The predicted molar refractivity (Wildman–Crippen MR) is 94.9 cm³/mol. The highest BCUT2D eigenvalue weighted by Crippen LogP contribution is 2.29. The molecular formula is C18H28N6O2. The Morgan fingerprint density at radius 1 is 0.962 bits per heavy atom. The van der Waals surface area contributed by atoms with E-state index in [-0.39, 0.29) is 0 Å². The van der Waals surface area contributed by atoms with E-state index in [4.69, 9.17) is 9.05 Å². The Balaban J connectivity index is 1.23. The summed E-state index contributed by atoms with van der Waals surface area (Å²) in [6.07, 6.45) is 3.39. The Morgan fingerprint density at radius 2 is 1.58 bits per heavy atom. The third-order valence-corrected chi connectivity index (χ3v) is 5.76. The van der Waals surface area contributed by atoms with E-state index in [0.717, 1.165) is 69.0 Å². The van der Waals surface area contributed by atoms with Gasteiger partial charge in [0.05, 0.1) is 11.8 Å². The quantitative estimate of drug-likeness (QED) is 0.774. The first-order valence-electron chi connectivity index (χ1n) is 9.65. The van der Waals surface area contributed by atoms with Gasteiger partial charge in [-0.15, -0.1) is 0 Å². The van der Waals surface area contributed by atoms with E-state index in [0.29, 0.717) is 17.9 Å². The normalized spacial score (nSPS) is 26.0. The highest BCUT2D eigenvalue weighted by Gasteiger charge is 2.32. The molecule has 2 aromatic heterocycles. The van der Waals surface area contributed by atoms with Gasteiger partial charge in [0.1, 0.15) is 0 Å². The average Bonchev–Trinajstić information content (AvgIpc) is 3.39. The first-order chi connectivity index (χ1) is 12.6. The molecule has 3 unspecified atom stereocenters. The van der Waals surface area contributed by atoms with Crippen molar-refractivity contribution in [3.05, 3.63) is 23.4 Å². The van der Waals surface area contributed by atoms with E-state index < -0.39 is 0 Å². The lowest BCUT2D eigenvalue weighted by Gasteiger charge is -2.26. The Kier molecular flexibility index (Phi) is 5.04. The standard InChI is InChI=1S/C18H28N6O2/c1-12(24-9-6-16(11-24)18-20-14(3)22-26-18)4-7-23-8-5-15(10-23)17-19-13(2)21-25-17/h12,15-16H,4-11H2,1-3H3. The molecule has 2 aliphatic heterocycles. The van der Waals surface area contributed by atoms with Gasteiger partial charge in [0, 0.05) is 19.1 Å². The summed E-state index contributed by atoms with van der Waals surface area (Å²) in [7, 11) is 0. The van der Waals surface area contributed by atoms with Gasteiger partial charge < -0.3 is 13.9 Å². The summed E-state index contributed by atoms with van der Waals surface area (Å²) in [4.78, 5) is 13.9. The Hall–Kier alpha value is -1.80. The lowest BCUT2D eigenvalue weighted by Crippen LogP contribution is -2.34. The molecule has 4 rings (SSSR count). The van der Waals surface area contributed by atoms with Gasteiger partial charge in [0.15, 0.2) is 11.6 Å². The van der Waals surface area contributed by atoms with E-state index in [9.17, 15) is 0 Å². The minimum atomic E-state index is 0.385. The van der Waals surface area contributed by atoms with Crippen LogP contribution in [0.3, 0.4) is 0 Å². The molecule has 0 N–H and O–H groups in total. The molecule has 2 aromatic rings. The van der Waals surface area contributed by atoms with Crippen LogP contribution in [0.2, 0.25) is 0 Å². The molecular weight excluding hydrogens is 332 g/mol. The van der Waals surface area contributed by atoms with Crippen molar-refractivity contribution in [3.8, 4) is 0 Å². The van der Waals surface area contributed by atoms with Crippen molar-refractivity contribution < 1.29 is 9.05 Å². The summed E-state index contributed by atoms with van der Waals surface area (Å²) in [5.74, 6) is 3.84. The number of nitrogens with zero attached hydrogens (tertiary/aromatic N) is 6. The Labute approximate surface area is 153 Å². The molecule has 2 saturated heterocycles. The lowest BCUT2D eigenvalue weighted by atomic mass is 10.1. The summed E-state index contributed by atoms with van der Waals surface area (Å²) in [6.45, 7) is 11.5. The van der Waals surface area contributed by atoms with Crippen LogP contribution in [0.4, 0.5) is 0 Å². The average molecular weight is 360 g/mol. The SMILES string of the molecule is Cc1noc(C2CCN(CCC(C)N3CCC(c4nc(C)no4)C3)C2)n1. The van der Waals surface area contributed by atoms with Crippen molar-refractivity contribution in [1.82, 2.24) is 30.1 Å². The van der Waals surface area contributed by atoms with E-state index in [1.165, 1.54) is 6.42 Å². The van der Waals surface area contributed by atoms with Gasteiger partial charge in [-0.05, 0) is 59.7 Å². The van der Waals surface area contributed by atoms with Crippen LogP contribution in [0.5, 0.6) is 0 Å². The number of aryl methyl sites for hydroxylation is 2. The van der Waals surface area contributed by atoms with Gasteiger partial charge in [0.2, 0.25) is 11.8 Å². The molecule has 4 heterocycles. The van der Waals surface area contributed by atoms with Crippen molar-refractivity contribution >= 4 is 0 Å². The van der Waals surface area contributed by atoms with Crippen molar-refractivity contribution in [1.29, 1.82) is 0 Å². The summed E-state index contributed by atoms with van der Waals surface area (Å²) >= 11 is 0. The van der Waals surface area contributed by atoms with Crippen molar-refractivity contribution in [3.63, 3.8) is 0 Å². The maximum Gasteiger partial charge on any atom is 0.231 e. The summed E-state index contributed by atoms with van der Waals surface area (Å²) < 4.78 is 10.7. The van der Waals surface area contributed by atoms with Crippen molar-refractivity contribution in [2.75, 3.05) is 32.7 Å². The second kappa shape index (κ2) is 7.44. The fraction of sp³-hybridized carbons (Fsp3) is 0.778. The van der Waals surface area contributed by atoms with Crippen LogP contribution in [0.25, 0.3) is 0 Å². The Bertz CT molecular complexity index is 729. The zero-order valence-corrected chi connectivity index (χ0v) is 15.9. The summed E-state index contributed by atoms with van der Waals surface area (Å²) in [5.41, 5.74) is 0. The monoisotopic (exact) mass is 360 g/mol. The van der Waals surface area contributed by atoms with Crippen LogP contribution < -0.4 is 0 Å². The van der Waals surface area contributed by atoms with Crippen LogP contribution in [0.1, 0.15) is 61.5 Å². The number of likely N-dealkylation sites (tertiary alicyclic amines) is 2. The highest BCUT2D eigenvalue weighted by molar-refractivity contribution is 5.00. The van der Waals surface area contributed by atoms with Crippen LogP contribution in [0, 0.1) is 13.8 Å². The van der Waals surface area contributed by atoms with Gasteiger partial charge in [-0.25, -0.2) is 0 Å². The number of hydrogen-bond acceptors (Lipinski definition) is 8. The van der Waals surface area contributed by atoms with Crippen LogP contribution >= 0.6 is 0 Å². The van der Waals surface area contributed by atoms with Crippen LogP contribution in [0.15, 0.2) is 9.05 Å². The van der Waals surface area contributed by atoms with Gasteiger partial charge >= 0.3 is 0 Å². The molecule has 3 atom stereocenters. The molecule has 0 saturated carbocycles. The second-order valence-electron chi connectivity index (χ2n) is 7.76. The summed E-state index contributed by atoms with van der Waals surface area (Å²) in [6, 6.07) is 0.564. The van der Waals surface area contributed by atoms with Gasteiger partial charge in [0.25, 0.3) is 0 Å². The Morgan fingerprint density at radius 3 is 2.19 bits per heavy atom.